The molecule has 1 fully saturated rings. The summed E-state index contributed by atoms with van der Waals surface area (Å²) in [4.78, 5) is 9.91. The molecule has 0 bridgehead atoms. The molecule has 4 rings (SSSR count). The molecule has 3 heterocycles. The normalized spacial score (nSPS) is 15.0. The Morgan fingerprint density at radius 1 is 1.17 bits per heavy atom. The lowest BCUT2D eigenvalue weighted by atomic mass is 10.1. The molecular weight excluding hydrogens is 397 g/mol. The molecule has 3 aromatic rings. The van der Waals surface area contributed by atoms with E-state index in [0.717, 1.165) is 0 Å². The number of aryl methyl sites for hydroxylation is 2. The van der Waals surface area contributed by atoms with Gasteiger partial charge in [0, 0.05) is 25.7 Å². The lowest BCUT2D eigenvalue weighted by molar-refractivity contribution is 0.306. The number of benzene rings is 1. The molecule has 2 aromatic heterocycles. The van der Waals surface area contributed by atoms with E-state index in [-0.39, 0.29) is 28.2 Å². The standard InChI is InChI=1S/C19H20FN5O3S/c1-12-18(13(2)28-23-12)29(26,27)24(3)15-9-25(10-15)19-16(20)17(21-11-22-19)14-7-5-4-6-8-14/h4-8,11,15H,9-10H2,1-3H3. The first-order valence-corrected chi connectivity index (χ1v) is 10.5. The molecule has 1 aliphatic heterocycles. The van der Waals surface area contributed by atoms with Crippen molar-refractivity contribution in [3.63, 3.8) is 0 Å². The Hall–Kier alpha value is -2.85. The molecule has 0 amide bonds. The third-order valence-electron chi connectivity index (χ3n) is 5.10. The Balaban J connectivity index is 1.53. The van der Waals surface area contributed by atoms with E-state index in [0.29, 0.717) is 24.3 Å². The van der Waals surface area contributed by atoms with Gasteiger partial charge in [0.2, 0.25) is 10.0 Å². The first-order valence-electron chi connectivity index (χ1n) is 9.02. The minimum Gasteiger partial charge on any atom is -0.360 e. The van der Waals surface area contributed by atoms with Gasteiger partial charge in [-0.25, -0.2) is 22.8 Å². The molecule has 29 heavy (non-hydrogen) atoms. The average molecular weight is 417 g/mol. The average Bonchev–Trinajstić information content (AvgIpc) is 3.01. The fourth-order valence-electron chi connectivity index (χ4n) is 3.42. The van der Waals surface area contributed by atoms with Gasteiger partial charge in [-0.05, 0) is 13.8 Å². The van der Waals surface area contributed by atoms with E-state index < -0.39 is 15.8 Å². The fourth-order valence-corrected chi connectivity index (χ4v) is 5.04. The predicted octanol–water partition coefficient (Wildman–Crippen LogP) is 2.40. The molecule has 0 saturated carbocycles. The number of hydrogen-bond acceptors (Lipinski definition) is 7. The molecule has 0 spiro atoms. The summed E-state index contributed by atoms with van der Waals surface area (Å²) in [7, 11) is -2.25. The second-order valence-electron chi connectivity index (χ2n) is 6.96. The van der Waals surface area contributed by atoms with Gasteiger partial charge in [-0.3, -0.25) is 0 Å². The van der Waals surface area contributed by atoms with Gasteiger partial charge < -0.3 is 9.42 Å². The van der Waals surface area contributed by atoms with Crippen LogP contribution in [0.4, 0.5) is 10.2 Å². The number of anilines is 1. The van der Waals surface area contributed by atoms with Crippen LogP contribution in [0.15, 0.2) is 46.1 Å². The van der Waals surface area contributed by atoms with Crippen molar-refractivity contribution in [2.24, 2.45) is 0 Å². The zero-order valence-corrected chi connectivity index (χ0v) is 17.0. The number of nitrogens with zero attached hydrogens (tertiary/aromatic N) is 5. The minimum atomic E-state index is -3.76. The molecule has 0 atom stereocenters. The Morgan fingerprint density at radius 2 is 1.86 bits per heavy atom. The lowest BCUT2D eigenvalue weighted by Crippen LogP contribution is -2.60. The van der Waals surface area contributed by atoms with E-state index in [9.17, 15) is 8.42 Å². The Morgan fingerprint density at radius 3 is 2.48 bits per heavy atom. The summed E-state index contributed by atoms with van der Waals surface area (Å²) in [6.07, 6.45) is 1.32. The SMILES string of the molecule is Cc1noc(C)c1S(=O)(=O)N(C)C1CN(c2ncnc(-c3ccccc3)c2F)C1. The van der Waals surface area contributed by atoms with Crippen LogP contribution in [0, 0.1) is 19.7 Å². The zero-order valence-electron chi connectivity index (χ0n) is 16.2. The van der Waals surface area contributed by atoms with Crippen molar-refractivity contribution in [1.82, 2.24) is 19.4 Å². The number of rotatable bonds is 5. The quantitative estimate of drug-likeness (QED) is 0.629. The highest BCUT2D eigenvalue weighted by Crippen LogP contribution is 2.31. The van der Waals surface area contributed by atoms with Crippen LogP contribution in [-0.4, -0.2) is 54.0 Å². The maximum atomic E-state index is 15.0. The Kier molecular flexibility index (Phi) is 4.83. The van der Waals surface area contributed by atoms with Gasteiger partial charge in [-0.2, -0.15) is 4.31 Å². The highest BCUT2D eigenvalue weighted by molar-refractivity contribution is 7.89. The van der Waals surface area contributed by atoms with Crippen molar-refractivity contribution in [2.75, 3.05) is 25.0 Å². The van der Waals surface area contributed by atoms with Gasteiger partial charge in [-0.15, -0.1) is 0 Å². The van der Waals surface area contributed by atoms with Gasteiger partial charge in [-0.1, -0.05) is 35.5 Å². The largest absolute Gasteiger partial charge is 0.360 e. The van der Waals surface area contributed by atoms with Crippen LogP contribution in [0.5, 0.6) is 0 Å². The van der Waals surface area contributed by atoms with Crippen molar-refractivity contribution in [3.05, 3.63) is 53.9 Å². The Bertz CT molecular complexity index is 1120. The fraction of sp³-hybridized carbons (Fsp3) is 0.316. The van der Waals surface area contributed by atoms with E-state index in [4.69, 9.17) is 4.52 Å². The van der Waals surface area contributed by atoms with E-state index in [1.807, 2.05) is 18.2 Å². The van der Waals surface area contributed by atoms with E-state index >= 15 is 4.39 Å². The molecule has 10 heteroatoms. The van der Waals surface area contributed by atoms with Crippen LogP contribution in [0.3, 0.4) is 0 Å². The van der Waals surface area contributed by atoms with Crippen molar-refractivity contribution in [2.45, 2.75) is 24.8 Å². The smallest absolute Gasteiger partial charge is 0.248 e. The van der Waals surface area contributed by atoms with Gasteiger partial charge >= 0.3 is 0 Å². The molecular formula is C19H20FN5O3S. The maximum Gasteiger partial charge on any atom is 0.248 e. The van der Waals surface area contributed by atoms with E-state index in [2.05, 4.69) is 15.1 Å². The van der Waals surface area contributed by atoms with Crippen LogP contribution in [-0.2, 0) is 10.0 Å². The topological polar surface area (TPSA) is 92.4 Å². The van der Waals surface area contributed by atoms with Crippen molar-refractivity contribution >= 4 is 15.8 Å². The van der Waals surface area contributed by atoms with Gasteiger partial charge in [0.15, 0.2) is 17.4 Å². The monoisotopic (exact) mass is 417 g/mol. The molecule has 0 N–H and O–H groups in total. The van der Waals surface area contributed by atoms with Crippen LogP contribution in [0.2, 0.25) is 0 Å². The molecule has 0 radical (unpaired) electrons. The van der Waals surface area contributed by atoms with Crippen LogP contribution >= 0.6 is 0 Å². The maximum absolute atomic E-state index is 15.0. The van der Waals surface area contributed by atoms with Gasteiger partial charge in [0.05, 0.1) is 6.04 Å². The molecule has 8 nitrogen and oxygen atoms in total. The summed E-state index contributed by atoms with van der Waals surface area (Å²) in [5, 5.41) is 3.72. The highest BCUT2D eigenvalue weighted by Gasteiger charge is 2.40. The van der Waals surface area contributed by atoms with E-state index in [1.54, 1.807) is 30.9 Å². The first-order chi connectivity index (χ1) is 13.8. The third kappa shape index (κ3) is 3.28. The van der Waals surface area contributed by atoms with Gasteiger partial charge in [0.25, 0.3) is 0 Å². The third-order valence-corrected chi connectivity index (χ3v) is 7.25. The number of likely N-dealkylation sites (N-methyl/N-ethyl adjacent to an activating group) is 1. The molecule has 0 unspecified atom stereocenters. The van der Waals surface area contributed by atoms with Crippen LogP contribution in [0.25, 0.3) is 11.3 Å². The summed E-state index contributed by atoms with van der Waals surface area (Å²) in [5.41, 5.74) is 1.19. The lowest BCUT2D eigenvalue weighted by Gasteiger charge is -2.43. The predicted molar refractivity (Wildman–Crippen MR) is 104 cm³/mol. The zero-order chi connectivity index (χ0) is 20.8. The molecule has 0 aliphatic carbocycles. The second-order valence-corrected chi connectivity index (χ2v) is 8.89. The second kappa shape index (κ2) is 7.20. The number of hydrogen-bond donors (Lipinski definition) is 0. The summed E-state index contributed by atoms with van der Waals surface area (Å²) in [5.74, 6) is -0.105. The first kappa shape index (κ1) is 19.5. The van der Waals surface area contributed by atoms with Crippen LogP contribution in [0.1, 0.15) is 11.5 Å². The van der Waals surface area contributed by atoms with Crippen molar-refractivity contribution in [3.8, 4) is 11.3 Å². The number of halogens is 1. The van der Waals surface area contributed by atoms with E-state index in [1.165, 1.54) is 17.7 Å². The molecule has 1 aromatic carbocycles. The summed E-state index contributed by atoms with van der Waals surface area (Å²) < 4.78 is 47.1. The van der Waals surface area contributed by atoms with Crippen molar-refractivity contribution < 1.29 is 17.3 Å². The highest BCUT2D eigenvalue weighted by atomic mass is 32.2. The summed E-state index contributed by atoms with van der Waals surface area (Å²) in [6, 6.07) is 8.70. The minimum absolute atomic E-state index is 0.0815. The number of aromatic nitrogens is 3. The molecule has 1 saturated heterocycles. The Labute approximate surface area is 168 Å². The molecule has 1 aliphatic rings. The molecule has 152 valence electrons. The van der Waals surface area contributed by atoms with Crippen LogP contribution < -0.4 is 4.90 Å². The van der Waals surface area contributed by atoms with Crippen molar-refractivity contribution in [1.29, 1.82) is 0 Å². The van der Waals surface area contributed by atoms with Gasteiger partial charge in [0.1, 0.15) is 22.6 Å². The summed E-state index contributed by atoms with van der Waals surface area (Å²) in [6.45, 7) is 3.80. The number of sulfonamides is 1. The summed E-state index contributed by atoms with van der Waals surface area (Å²) >= 11 is 0.